The van der Waals surface area contributed by atoms with Crippen LogP contribution in [0.2, 0.25) is 0 Å². The van der Waals surface area contributed by atoms with Crippen LogP contribution in [0.25, 0.3) is 0 Å². The van der Waals surface area contributed by atoms with Gasteiger partial charge >= 0.3 is 5.97 Å². The van der Waals surface area contributed by atoms with Gasteiger partial charge in [0.15, 0.2) is 0 Å². The van der Waals surface area contributed by atoms with Gasteiger partial charge in [-0.05, 0) is 24.7 Å². The van der Waals surface area contributed by atoms with Gasteiger partial charge in [-0.3, -0.25) is 9.69 Å². The first-order valence-electron chi connectivity index (χ1n) is 7.04. The molecule has 1 aliphatic heterocycles. The maximum absolute atomic E-state index is 11.7. The van der Waals surface area contributed by atoms with Crippen molar-refractivity contribution in [3.8, 4) is 0 Å². The zero-order chi connectivity index (χ0) is 14.4. The predicted octanol–water partition coefficient (Wildman–Crippen LogP) is 0.602. The number of carbonyl (C=O) groups is 1. The van der Waals surface area contributed by atoms with Crippen LogP contribution < -0.4 is 5.73 Å². The summed E-state index contributed by atoms with van der Waals surface area (Å²) < 4.78 is 5.28. The number of piperazine rings is 1. The third kappa shape index (κ3) is 4.83. The SMILES string of the molecule is CN1CCN(CCOC(=O)Cc2cccc(N)c2)CC1. The minimum Gasteiger partial charge on any atom is -0.464 e. The van der Waals surface area contributed by atoms with Gasteiger partial charge in [0.1, 0.15) is 6.61 Å². The Kier molecular flexibility index (Phi) is 5.38. The quantitative estimate of drug-likeness (QED) is 0.631. The molecule has 20 heavy (non-hydrogen) atoms. The van der Waals surface area contributed by atoms with E-state index in [9.17, 15) is 4.79 Å². The van der Waals surface area contributed by atoms with Crippen molar-refractivity contribution >= 4 is 11.7 Å². The summed E-state index contributed by atoms with van der Waals surface area (Å²) in [5.74, 6) is -0.190. The summed E-state index contributed by atoms with van der Waals surface area (Å²) in [6, 6.07) is 7.35. The van der Waals surface area contributed by atoms with E-state index >= 15 is 0 Å². The summed E-state index contributed by atoms with van der Waals surface area (Å²) in [6.07, 6.45) is 0.285. The van der Waals surface area contributed by atoms with Crippen LogP contribution in [0.4, 0.5) is 5.69 Å². The molecule has 1 aromatic rings. The lowest BCUT2D eigenvalue weighted by atomic mass is 10.1. The Bertz CT molecular complexity index is 442. The number of ether oxygens (including phenoxy) is 1. The molecular weight excluding hydrogens is 254 g/mol. The molecule has 0 saturated carbocycles. The summed E-state index contributed by atoms with van der Waals surface area (Å²) in [6.45, 7) is 5.53. The molecule has 0 spiro atoms. The first-order chi connectivity index (χ1) is 9.63. The normalized spacial score (nSPS) is 17.1. The van der Waals surface area contributed by atoms with E-state index in [0.717, 1.165) is 38.3 Å². The van der Waals surface area contributed by atoms with E-state index in [1.54, 1.807) is 0 Å². The van der Waals surface area contributed by atoms with Crippen molar-refractivity contribution in [1.29, 1.82) is 0 Å². The van der Waals surface area contributed by atoms with Crippen molar-refractivity contribution in [2.45, 2.75) is 6.42 Å². The summed E-state index contributed by atoms with van der Waals surface area (Å²) in [5.41, 5.74) is 7.25. The lowest BCUT2D eigenvalue weighted by molar-refractivity contribution is -0.143. The van der Waals surface area contributed by atoms with Crippen molar-refractivity contribution in [3.05, 3.63) is 29.8 Å². The second-order valence-corrected chi connectivity index (χ2v) is 5.29. The standard InChI is InChI=1S/C15H23N3O2/c1-17-5-7-18(8-6-17)9-10-20-15(19)12-13-3-2-4-14(16)11-13/h2-4,11H,5-10,12,16H2,1H3. The highest BCUT2D eigenvalue weighted by molar-refractivity contribution is 5.73. The number of nitrogens with two attached hydrogens (primary N) is 1. The van der Waals surface area contributed by atoms with Gasteiger partial charge in [-0.15, -0.1) is 0 Å². The van der Waals surface area contributed by atoms with Crippen molar-refractivity contribution in [2.24, 2.45) is 0 Å². The molecule has 0 radical (unpaired) electrons. The smallest absolute Gasteiger partial charge is 0.310 e. The average Bonchev–Trinajstić information content (AvgIpc) is 2.41. The van der Waals surface area contributed by atoms with E-state index in [1.807, 2.05) is 24.3 Å². The topological polar surface area (TPSA) is 58.8 Å². The number of likely N-dealkylation sites (N-methyl/N-ethyl adjacent to an activating group) is 1. The van der Waals surface area contributed by atoms with Gasteiger partial charge in [0.25, 0.3) is 0 Å². The summed E-state index contributed by atoms with van der Waals surface area (Å²) >= 11 is 0. The zero-order valence-corrected chi connectivity index (χ0v) is 12.0. The first kappa shape index (κ1) is 14.8. The highest BCUT2D eigenvalue weighted by Crippen LogP contribution is 2.07. The van der Waals surface area contributed by atoms with E-state index in [4.69, 9.17) is 10.5 Å². The molecule has 0 unspecified atom stereocenters. The monoisotopic (exact) mass is 277 g/mol. The summed E-state index contributed by atoms with van der Waals surface area (Å²) in [5, 5.41) is 0. The Labute approximate surface area is 120 Å². The Morgan fingerprint density at radius 3 is 2.75 bits per heavy atom. The van der Waals surface area contributed by atoms with Crippen LogP contribution in [0.5, 0.6) is 0 Å². The van der Waals surface area contributed by atoms with E-state index < -0.39 is 0 Å². The van der Waals surface area contributed by atoms with Crippen LogP contribution in [0.1, 0.15) is 5.56 Å². The van der Waals surface area contributed by atoms with Crippen LogP contribution in [0.15, 0.2) is 24.3 Å². The number of esters is 1. The van der Waals surface area contributed by atoms with Gasteiger partial charge in [-0.25, -0.2) is 0 Å². The van der Waals surface area contributed by atoms with E-state index in [-0.39, 0.29) is 12.4 Å². The lowest BCUT2D eigenvalue weighted by Gasteiger charge is -2.32. The van der Waals surface area contributed by atoms with Gasteiger partial charge in [-0.1, -0.05) is 12.1 Å². The van der Waals surface area contributed by atoms with Crippen LogP contribution in [0, 0.1) is 0 Å². The summed E-state index contributed by atoms with van der Waals surface area (Å²) in [7, 11) is 2.13. The van der Waals surface area contributed by atoms with E-state index in [1.165, 1.54) is 0 Å². The molecule has 0 bridgehead atoms. The molecule has 1 fully saturated rings. The molecule has 0 amide bonds. The second-order valence-electron chi connectivity index (χ2n) is 5.29. The van der Waals surface area contributed by atoms with Crippen LogP contribution in [0.3, 0.4) is 0 Å². The molecule has 0 aromatic heterocycles. The molecule has 5 heteroatoms. The highest BCUT2D eigenvalue weighted by atomic mass is 16.5. The Balaban J connectivity index is 1.65. The van der Waals surface area contributed by atoms with Gasteiger partial charge in [0.2, 0.25) is 0 Å². The molecule has 0 aliphatic carbocycles. The van der Waals surface area contributed by atoms with Crippen molar-refractivity contribution in [1.82, 2.24) is 9.80 Å². The first-order valence-corrected chi connectivity index (χ1v) is 7.04. The number of benzene rings is 1. The third-order valence-electron chi connectivity index (χ3n) is 3.57. The molecule has 5 nitrogen and oxygen atoms in total. The van der Waals surface area contributed by atoms with Crippen LogP contribution >= 0.6 is 0 Å². The van der Waals surface area contributed by atoms with Gasteiger partial charge in [0.05, 0.1) is 6.42 Å². The minimum atomic E-state index is -0.190. The Morgan fingerprint density at radius 1 is 1.30 bits per heavy atom. The molecule has 110 valence electrons. The van der Waals surface area contributed by atoms with Crippen molar-refractivity contribution in [3.63, 3.8) is 0 Å². The number of hydrogen-bond acceptors (Lipinski definition) is 5. The number of nitrogen functional groups attached to an aromatic ring is 1. The second kappa shape index (κ2) is 7.26. The fourth-order valence-corrected chi connectivity index (χ4v) is 2.28. The molecule has 1 aliphatic rings. The zero-order valence-electron chi connectivity index (χ0n) is 12.0. The number of anilines is 1. The van der Waals surface area contributed by atoms with Gasteiger partial charge < -0.3 is 15.4 Å². The Morgan fingerprint density at radius 2 is 2.05 bits per heavy atom. The number of nitrogens with zero attached hydrogens (tertiary/aromatic N) is 2. The molecule has 2 rings (SSSR count). The fraction of sp³-hybridized carbons (Fsp3) is 0.533. The van der Waals surface area contributed by atoms with Gasteiger partial charge in [0, 0.05) is 38.4 Å². The van der Waals surface area contributed by atoms with Crippen LogP contribution in [-0.4, -0.2) is 62.1 Å². The predicted molar refractivity (Wildman–Crippen MR) is 79.5 cm³/mol. The van der Waals surface area contributed by atoms with Gasteiger partial charge in [-0.2, -0.15) is 0 Å². The summed E-state index contributed by atoms with van der Waals surface area (Å²) in [4.78, 5) is 16.4. The van der Waals surface area contributed by atoms with Crippen molar-refractivity contribution < 1.29 is 9.53 Å². The van der Waals surface area contributed by atoms with Crippen LogP contribution in [-0.2, 0) is 16.0 Å². The number of rotatable bonds is 5. The maximum Gasteiger partial charge on any atom is 0.310 e. The molecule has 1 saturated heterocycles. The molecule has 2 N–H and O–H groups in total. The molecule has 1 aromatic carbocycles. The maximum atomic E-state index is 11.7. The molecular formula is C15H23N3O2. The van der Waals surface area contributed by atoms with E-state index in [2.05, 4.69) is 16.8 Å². The van der Waals surface area contributed by atoms with Crippen molar-refractivity contribution in [2.75, 3.05) is 52.1 Å². The van der Waals surface area contributed by atoms with E-state index in [0.29, 0.717) is 12.3 Å². The number of hydrogen-bond donors (Lipinski definition) is 1. The average molecular weight is 277 g/mol. The molecule has 0 atom stereocenters. The minimum absolute atomic E-state index is 0.190. The highest BCUT2D eigenvalue weighted by Gasteiger charge is 2.14. The number of carbonyl (C=O) groups excluding carboxylic acids is 1. The Hall–Kier alpha value is -1.59. The fourth-order valence-electron chi connectivity index (χ4n) is 2.28. The third-order valence-corrected chi connectivity index (χ3v) is 3.57. The largest absolute Gasteiger partial charge is 0.464 e. The molecule has 1 heterocycles. The lowest BCUT2D eigenvalue weighted by Crippen LogP contribution is -2.45.